The van der Waals surface area contributed by atoms with Crippen molar-refractivity contribution in [1.82, 2.24) is 9.78 Å². The SMILES string of the molecule is Cc1c(C23C(C)C4C2C2C3CC42C#N)nn(CC2CC2)c1N. The first-order chi connectivity index (χ1) is 10.6. The Hall–Kier alpha value is -1.50. The molecule has 1 aromatic heterocycles. The lowest BCUT2D eigenvalue weighted by Crippen LogP contribution is -2.95. The normalized spacial score (nSPS) is 52.5. The van der Waals surface area contributed by atoms with Gasteiger partial charge in [-0.1, -0.05) is 6.92 Å². The Bertz CT molecular complexity index is 751. The number of hydrogen-bond donors (Lipinski definition) is 1. The lowest BCUT2D eigenvalue weighted by Gasteiger charge is -2.95. The molecule has 0 radical (unpaired) electrons. The van der Waals surface area contributed by atoms with Crippen molar-refractivity contribution in [3.8, 4) is 6.07 Å². The largest absolute Gasteiger partial charge is 0.384 e. The van der Waals surface area contributed by atoms with Crippen LogP contribution < -0.4 is 5.73 Å². The van der Waals surface area contributed by atoms with Crippen LogP contribution in [0.15, 0.2) is 0 Å². The third-order valence-corrected chi connectivity index (χ3v) is 8.40. The summed E-state index contributed by atoms with van der Waals surface area (Å²) in [4.78, 5) is 0. The minimum Gasteiger partial charge on any atom is -0.384 e. The van der Waals surface area contributed by atoms with Gasteiger partial charge in [0.15, 0.2) is 0 Å². The van der Waals surface area contributed by atoms with Gasteiger partial charge < -0.3 is 5.73 Å². The first kappa shape index (κ1) is 12.0. The third kappa shape index (κ3) is 0.853. The third-order valence-electron chi connectivity index (χ3n) is 8.40. The van der Waals surface area contributed by atoms with E-state index in [-0.39, 0.29) is 10.8 Å². The molecule has 4 heteroatoms. The highest BCUT2D eigenvalue weighted by molar-refractivity contribution is 5.57. The second-order valence-corrected chi connectivity index (χ2v) is 8.75. The lowest BCUT2D eigenvalue weighted by atomic mass is 9.07. The van der Waals surface area contributed by atoms with Gasteiger partial charge in [0.25, 0.3) is 0 Å². The van der Waals surface area contributed by atoms with E-state index >= 15 is 0 Å². The average molecular weight is 294 g/mol. The maximum atomic E-state index is 9.59. The number of hydrogen-bond acceptors (Lipinski definition) is 3. The van der Waals surface area contributed by atoms with Crippen molar-refractivity contribution in [2.75, 3.05) is 5.73 Å². The number of anilines is 1. The fourth-order valence-electron chi connectivity index (χ4n) is 7.35. The van der Waals surface area contributed by atoms with Crippen molar-refractivity contribution in [2.24, 2.45) is 40.9 Å². The zero-order valence-corrected chi connectivity index (χ0v) is 13.2. The summed E-state index contributed by atoms with van der Waals surface area (Å²) in [5.41, 5.74) is 9.24. The van der Waals surface area contributed by atoms with Crippen molar-refractivity contribution in [3.63, 3.8) is 0 Å². The minimum absolute atomic E-state index is 0.0620. The molecule has 7 atom stereocenters. The molecule has 1 aromatic rings. The fourth-order valence-corrected chi connectivity index (χ4v) is 7.35. The van der Waals surface area contributed by atoms with Crippen LogP contribution in [0.3, 0.4) is 0 Å². The highest BCUT2D eigenvalue weighted by Gasteiger charge is 2.96. The van der Waals surface area contributed by atoms with E-state index in [0.29, 0.717) is 23.7 Å². The molecule has 5 saturated carbocycles. The number of nitrogens with zero attached hydrogens (tertiary/aromatic N) is 3. The van der Waals surface area contributed by atoms with Crippen molar-refractivity contribution in [2.45, 2.75) is 45.1 Å². The maximum Gasteiger partial charge on any atom is 0.124 e. The first-order valence-electron chi connectivity index (χ1n) is 8.82. The monoisotopic (exact) mass is 294 g/mol. The summed E-state index contributed by atoms with van der Waals surface area (Å²) in [6.45, 7) is 5.53. The van der Waals surface area contributed by atoms with Gasteiger partial charge in [0, 0.05) is 17.5 Å². The summed E-state index contributed by atoms with van der Waals surface area (Å²) in [5.74, 6) is 5.08. The Labute approximate surface area is 130 Å². The maximum absolute atomic E-state index is 9.59. The molecule has 0 amide bonds. The topological polar surface area (TPSA) is 67.6 Å². The summed E-state index contributed by atoms with van der Waals surface area (Å²) < 4.78 is 2.08. The van der Waals surface area contributed by atoms with Crippen LogP contribution in [0.25, 0.3) is 0 Å². The van der Waals surface area contributed by atoms with Crippen LogP contribution in [0, 0.1) is 59.2 Å². The zero-order chi connectivity index (χ0) is 15.0. The molecule has 22 heavy (non-hydrogen) atoms. The van der Waals surface area contributed by atoms with Crippen molar-refractivity contribution >= 4 is 5.82 Å². The lowest BCUT2D eigenvalue weighted by molar-refractivity contribution is -0.453. The van der Waals surface area contributed by atoms with E-state index in [2.05, 4.69) is 24.6 Å². The number of fused-ring (bicyclic) bond motifs is 2. The van der Waals surface area contributed by atoms with Crippen LogP contribution in [-0.4, -0.2) is 9.78 Å². The van der Waals surface area contributed by atoms with Crippen LogP contribution in [0.1, 0.15) is 37.4 Å². The Morgan fingerprint density at radius 2 is 2.14 bits per heavy atom. The molecule has 0 bridgehead atoms. The van der Waals surface area contributed by atoms with Gasteiger partial charge in [-0.2, -0.15) is 10.4 Å². The Balaban J connectivity index is 1.43. The van der Waals surface area contributed by atoms with Gasteiger partial charge in [0.05, 0.1) is 17.2 Å². The van der Waals surface area contributed by atoms with Gasteiger partial charge in [-0.05, 0) is 61.7 Å². The standard InChI is InChI=1S/C18H22N4/c1-8-15(21-22(16(8)20)6-10-3-4-10)18-9(2)12-14(18)13-11(18)5-17(12,13)7-19/h9-14H,3-6,20H2,1-2H3. The van der Waals surface area contributed by atoms with Crippen LogP contribution in [0.5, 0.6) is 0 Å². The molecule has 0 aliphatic heterocycles. The molecule has 5 fully saturated rings. The number of nitrogens with two attached hydrogens (primary N) is 1. The predicted molar refractivity (Wildman–Crippen MR) is 81.6 cm³/mol. The van der Waals surface area contributed by atoms with Gasteiger partial charge >= 0.3 is 0 Å². The van der Waals surface area contributed by atoms with Crippen molar-refractivity contribution in [1.29, 1.82) is 5.26 Å². The molecule has 0 spiro atoms. The highest BCUT2D eigenvalue weighted by atomic mass is 15.3. The molecule has 0 saturated heterocycles. The highest BCUT2D eigenvalue weighted by Crippen LogP contribution is 2.96. The van der Waals surface area contributed by atoms with Crippen LogP contribution >= 0.6 is 0 Å². The molecule has 4 nitrogen and oxygen atoms in total. The number of rotatable bonds is 3. The molecular formula is C18H22N4. The van der Waals surface area contributed by atoms with E-state index in [1.54, 1.807) is 0 Å². The molecule has 7 unspecified atom stereocenters. The molecule has 1 heterocycles. The van der Waals surface area contributed by atoms with Crippen LogP contribution in [0.2, 0.25) is 0 Å². The zero-order valence-electron chi connectivity index (χ0n) is 13.2. The predicted octanol–water partition coefficient (Wildman–Crippen LogP) is 2.48. The van der Waals surface area contributed by atoms with E-state index < -0.39 is 0 Å². The fraction of sp³-hybridized carbons (Fsp3) is 0.778. The number of aromatic nitrogens is 2. The van der Waals surface area contributed by atoms with E-state index in [1.807, 2.05) is 0 Å². The number of nitrogen functional groups attached to an aromatic ring is 1. The van der Waals surface area contributed by atoms with E-state index in [0.717, 1.165) is 30.6 Å². The summed E-state index contributed by atoms with van der Waals surface area (Å²) >= 11 is 0. The summed E-state index contributed by atoms with van der Waals surface area (Å²) in [5, 5.41) is 14.6. The van der Waals surface area contributed by atoms with Gasteiger partial charge in [-0.15, -0.1) is 0 Å². The van der Waals surface area contributed by atoms with Crippen molar-refractivity contribution in [3.05, 3.63) is 11.3 Å². The smallest absolute Gasteiger partial charge is 0.124 e. The Morgan fingerprint density at radius 1 is 1.36 bits per heavy atom. The molecule has 5 aliphatic carbocycles. The second-order valence-electron chi connectivity index (χ2n) is 8.75. The van der Waals surface area contributed by atoms with E-state index in [9.17, 15) is 5.26 Å². The van der Waals surface area contributed by atoms with E-state index in [1.165, 1.54) is 24.1 Å². The molecular weight excluding hydrogens is 272 g/mol. The average Bonchev–Trinajstić information content (AvgIpc) is 3.28. The van der Waals surface area contributed by atoms with E-state index in [4.69, 9.17) is 10.8 Å². The van der Waals surface area contributed by atoms with Gasteiger partial charge in [0.2, 0.25) is 0 Å². The number of nitriles is 1. The summed E-state index contributed by atoms with van der Waals surface area (Å²) in [7, 11) is 0. The van der Waals surface area contributed by atoms with Crippen LogP contribution in [-0.2, 0) is 12.0 Å². The Morgan fingerprint density at radius 3 is 2.68 bits per heavy atom. The molecule has 114 valence electrons. The Kier molecular flexibility index (Phi) is 1.68. The quantitative estimate of drug-likeness (QED) is 0.931. The van der Waals surface area contributed by atoms with Crippen molar-refractivity contribution < 1.29 is 0 Å². The van der Waals surface area contributed by atoms with Gasteiger partial charge in [-0.3, -0.25) is 0 Å². The minimum atomic E-state index is 0.0620. The van der Waals surface area contributed by atoms with Gasteiger partial charge in [0.1, 0.15) is 5.82 Å². The summed E-state index contributed by atoms with van der Waals surface area (Å²) in [6.07, 6.45) is 3.78. The first-order valence-corrected chi connectivity index (χ1v) is 8.82. The van der Waals surface area contributed by atoms with Crippen LogP contribution in [0.4, 0.5) is 5.82 Å². The molecule has 6 rings (SSSR count). The second kappa shape index (κ2) is 3.09. The van der Waals surface area contributed by atoms with Gasteiger partial charge in [-0.25, -0.2) is 4.68 Å². The molecule has 5 aliphatic rings. The molecule has 0 aromatic carbocycles. The summed E-state index contributed by atoms with van der Waals surface area (Å²) in [6, 6.07) is 2.68. The molecule has 2 N–H and O–H groups in total.